The molecular formula is C9H9BrN2O. The van der Waals surface area contributed by atoms with Gasteiger partial charge >= 0.3 is 0 Å². The number of aromatic amines is 1. The minimum Gasteiger partial charge on any atom is -0.497 e. The molecule has 0 bridgehead atoms. The normalized spacial score (nSPS) is 10.6. The molecule has 1 N–H and O–H groups in total. The van der Waals surface area contributed by atoms with Crippen LogP contribution in [0.4, 0.5) is 0 Å². The first-order chi connectivity index (χ1) is 6.35. The number of halogens is 1. The summed E-state index contributed by atoms with van der Waals surface area (Å²) in [7, 11) is 1.65. The van der Waals surface area contributed by atoms with Crippen LogP contribution in [0.3, 0.4) is 0 Å². The van der Waals surface area contributed by atoms with Gasteiger partial charge in [0.05, 0.1) is 18.3 Å². The molecule has 0 radical (unpaired) electrons. The van der Waals surface area contributed by atoms with Gasteiger partial charge in [-0.05, 0) is 12.1 Å². The van der Waals surface area contributed by atoms with Crippen LogP contribution < -0.4 is 4.74 Å². The summed E-state index contributed by atoms with van der Waals surface area (Å²) in [5.41, 5.74) is 2.03. The Labute approximate surface area is 84.2 Å². The lowest BCUT2D eigenvalue weighted by molar-refractivity contribution is 0.415. The van der Waals surface area contributed by atoms with Crippen LogP contribution in [0.25, 0.3) is 10.9 Å². The predicted octanol–water partition coefficient (Wildman–Crippen LogP) is 2.47. The third-order valence-corrected chi connectivity index (χ3v) is 2.54. The summed E-state index contributed by atoms with van der Waals surface area (Å²) in [6.45, 7) is 0. The quantitative estimate of drug-likeness (QED) is 0.820. The number of methoxy groups -OCH3 is 1. The van der Waals surface area contributed by atoms with Gasteiger partial charge in [-0.25, -0.2) is 0 Å². The van der Waals surface area contributed by atoms with Crippen LogP contribution >= 0.6 is 15.9 Å². The Morgan fingerprint density at radius 1 is 1.54 bits per heavy atom. The van der Waals surface area contributed by atoms with Gasteiger partial charge in [-0.1, -0.05) is 15.9 Å². The van der Waals surface area contributed by atoms with E-state index in [1.807, 2.05) is 18.2 Å². The summed E-state index contributed by atoms with van der Waals surface area (Å²) in [6, 6.07) is 5.86. The van der Waals surface area contributed by atoms with Crippen LogP contribution in [0.1, 0.15) is 5.69 Å². The number of fused-ring (bicyclic) bond motifs is 1. The van der Waals surface area contributed by atoms with Crippen molar-refractivity contribution < 1.29 is 4.74 Å². The van der Waals surface area contributed by atoms with Crippen molar-refractivity contribution in [3.63, 3.8) is 0 Å². The fourth-order valence-corrected chi connectivity index (χ4v) is 1.70. The molecule has 0 aliphatic carbocycles. The van der Waals surface area contributed by atoms with Gasteiger partial charge in [0.2, 0.25) is 0 Å². The molecule has 13 heavy (non-hydrogen) atoms. The second-order valence-electron chi connectivity index (χ2n) is 2.72. The fraction of sp³-hybridized carbons (Fsp3) is 0.222. The second kappa shape index (κ2) is 3.38. The van der Waals surface area contributed by atoms with E-state index >= 15 is 0 Å². The maximum Gasteiger partial charge on any atom is 0.121 e. The molecule has 0 saturated heterocycles. The largest absolute Gasteiger partial charge is 0.497 e. The van der Waals surface area contributed by atoms with Crippen LogP contribution in [0.15, 0.2) is 18.2 Å². The van der Waals surface area contributed by atoms with Gasteiger partial charge < -0.3 is 4.74 Å². The van der Waals surface area contributed by atoms with Crippen molar-refractivity contribution in [2.75, 3.05) is 7.11 Å². The van der Waals surface area contributed by atoms with E-state index < -0.39 is 0 Å². The Balaban J connectivity index is 2.61. The van der Waals surface area contributed by atoms with Crippen molar-refractivity contribution in [1.29, 1.82) is 0 Å². The van der Waals surface area contributed by atoms with Gasteiger partial charge in [-0.2, -0.15) is 5.10 Å². The Morgan fingerprint density at radius 2 is 2.38 bits per heavy atom. The average molecular weight is 241 g/mol. The standard InChI is InChI=1S/C9H9BrN2O/c1-13-6-2-3-7-8(4-6)11-12-9(7)5-10/h2-4H,5H2,1H3,(H,11,12). The number of nitrogens with one attached hydrogen (secondary N) is 1. The summed E-state index contributed by atoms with van der Waals surface area (Å²) >= 11 is 3.39. The Bertz CT molecular complexity index is 424. The molecule has 0 fully saturated rings. The van der Waals surface area contributed by atoms with E-state index in [-0.39, 0.29) is 0 Å². The van der Waals surface area contributed by atoms with Crippen molar-refractivity contribution in [1.82, 2.24) is 10.2 Å². The number of H-pyrrole nitrogens is 1. The van der Waals surface area contributed by atoms with Crippen LogP contribution in [0, 0.1) is 0 Å². The molecule has 1 heterocycles. The number of aromatic nitrogens is 2. The number of rotatable bonds is 2. The molecule has 1 aromatic carbocycles. The van der Waals surface area contributed by atoms with Crippen molar-refractivity contribution >= 4 is 26.8 Å². The Hall–Kier alpha value is -1.03. The number of benzene rings is 1. The van der Waals surface area contributed by atoms with Gasteiger partial charge in [-0.3, -0.25) is 5.10 Å². The summed E-state index contributed by atoms with van der Waals surface area (Å²) in [6.07, 6.45) is 0. The van der Waals surface area contributed by atoms with Crippen molar-refractivity contribution in [3.05, 3.63) is 23.9 Å². The van der Waals surface area contributed by atoms with E-state index in [1.165, 1.54) is 0 Å². The fourth-order valence-electron chi connectivity index (χ4n) is 1.28. The number of hydrogen-bond acceptors (Lipinski definition) is 2. The molecule has 0 saturated carbocycles. The molecule has 68 valence electrons. The lowest BCUT2D eigenvalue weighted by atomic mass is 10.2. The van der Waals surface area contributed by atoms with Gasteiger partial charge in [0.1, 0.15) is 5.75 Å². The molecule has 0 unspecified atom stereocenters. The molecular weight excluding hydrogens is 232 g/mol. The maximum absolute atomic E-state index is 5.10. The first-order valence-electron chi connectivity index (χ1n) is 3.92. The number of nitrogens with zero attached hydrogens (tertiary/aromatic N) is 1. The van der Waals surface area contributed by atoms with Crippen LogP contribution in [-0.2, 0) is 5.33 Å². The zero-order valence-electron chi connectivity index (χ0n) is 7.17. The van der Waals surface area contributed by atoms with Crippen LogP contribution in [0.5, 0.6) is 5.75 Å². The summed E-state index contributed by atoms with van der Waals surface area (Å²) in [5.74, 6) is 0.833. The highest BCUT2D eigenvalue weighted by Crippen LogP contribution is 2.22. The van der Waals surface area contributed by atoms with Crippen molar-refractivity contribution in [3.8, 4) is 5.75 Å². The lowest BCUT2D eigenvalue weighted by Crippen LogP contribution is -1.81. The molecule has 0 amide bonds. The van der Waals surface area contributed by atoms with Gasteiger partial charge in [0, 0.05) is 16.8 Å². The molecule has 2 aromatic rings. The molecule has 4 heteroatoms. The van der Waals surface area contributed by atoms with E-state index in [1.54, 1.807) is 7.11 Å². The maximum atomic E-state index is 5.10. The molecule has 0 atom stereocenters. The van der Waals surface area contributed by atoms with Gasteiger partial charge in [0.15, 0.2) is 0 Å². The Kier molecular flexibility index (Phi) is 2.22. The van der Waals surface area contributed by atoms with E-state index in [2.05, 4.69) is 26.1 Å². The molecule has 3 nitrogen and oxygen atoms in total. The molecule has 2 rings (SSSR count). The SMILES string of the molecule is COc1ccc2c(CBr)[nH]nc2c1. The predicted molar refractivity (Wildman–Crippen MR) is 55.3 cm³/mol. The first kappa shape index (κ1) is 8.56. The summed E-state index contributed by atoms with van der Waals surface area (Å²) < 4.78 is 5.10. The highest BCUT2D eigenvalue weighted by Gasteiger charge is 2.04. The zero-order chi connectivity index (χ0) is 9.26. The van der Waals surface area contributed by atoms with E-state index in [0.29, 0.717) is 0 Å². The lowest BCUT2D eigenvalue weighted by Gasteiger charge is -1.97. The van der Waals surface area contributed by atoms with Crippen molar-refractivity contribution in [2.45, 2.75) is 5.33 Å². The van der Waals surface area contributed by atoms with E-state index in [9.17, 15) is 0 Å². The minimum atomic E-state index is 0.788. The first-order valence-corrected chi connectivity index (χ1v) is 5.04. The molecule has 0 aliphatic rings. The van der Waals surface area contributed by atoms with Crippen LogP contribution in [0.2, 0.25) is 0 Å². The summed E-state index contributed by atoms with van der Waals surface area (Å²) in [4.78, 5) is 0. The molecule has 1 aromatic heterocycles. The highest BCUT2D eigenvalue weighted by molar-refractivity contribution is 9.08. The monoisotopic (exact) mass is 240 g/mol. The summed E-state index contributed by atoms with van der Waals surface area (Å²) in [5, 5.41) is 9.05. The number of alkyl halides is 1. The van der Waals surface area contributed by atoms with Crippen molar-refractivity contribution in [2.24, 2.45) is 0 Å². The molecule has 0 spiro atoms. The zero-order valence-corrected chi connectivity index (χ0v) is 8.76. The molecule has 0 aliphatic heterocycles. The van der Waals surface area contributed by atoms with Gasteiger partial charge in [0.25, 0.3) is 0 Å². The van der Waals surface area contributed by atoms with Crippen LogP contribution in [-0.4, -0.2) is 17.3 Å². The average Bonchev–Trinajstić information content (AvgIpc) is 2.59. The number of hydrogen-bond donors (Lipinski definition) is 1. The van der Waals surface area contributed by atoms with Gasteiger partial charge in [-0.15, -0.1) is 0 Å². The second-order valence-corrected chi connectivity index (χ2v) is 3.28. The minimum absolute atomic E-state index is 0.788. The van der Waals surface area contributed by atoms with E-state index in [0.717, 1.165) is 27.7 Å². The third kappa shape index (κ3) is 1.42. The highest BCUT2D eigenvalue weighted by atomic mass is 79.9. The van der Waals surface area contributed by atoms with E-state index in [4.69, 9.17) is 4.74 Å². The topological polar surface area (TPSA) is 37.9 Å². The Morgan fingerprint density at radius 3 is 3.08 bits per heavy atom. The smallest absolute Gasteiger partial charge is 0.121 e. The number of ether oxygens (including phenoxy) is 1. The third-order valence-electron chi connectivity index (χ3n) is 1.97.